The minimum atomic E-state index is 0.400. The van der Waals surface area contributed by atoms with Crippen LogP contribution in [0.4, 0.5) is 0 Å². The molecule has 3 nitrogen and oxygen atoms in total. The fourth-order valence-electron chi connectivity index (χ4n) is 3.42. The summed E-state index contributed by atoms with van der Waals surface area (Å²) in [7, 11) is 6.46. The number of nitrogens with zero attached hydrogens (tertiary/aromatic N) is 2. The highest BCUT2D eigenvalue weighted by molar-refractivity contribution is 5.26. The minimum Gasteiger partial charge on any atom is -0.312 e. The summed E-state index contributed by atoms with van der Waals surface area (Å²) < 4.78 is 0. The van der Waals surface area contributed by atoms with Crippen molar-refractivity contribution in [3.05, 3.63) is 35.4 Å². The van der Waals surface area contributed by atoms with Crippen LogP contribution in [0.3, 0.4) is 0 Å². The van der Waals surface area contributed by atoms with E-state index in [2.05, 4.69) is 74.4 Å². The molecular formula is C18H31N3. The van der Waals surface area contributed by atoms with Crippen molar-refractivity contribution in [2.45, 2.75) is 44.8 Å². The monoisotopic (exact) mass is 289 g/mol. The summed E-state index contributed by atoms with van der Waals surface area (Å²) in [6, 6.07) is 10.7. The Kier molecular flexibility index (Phi) is 5.80. The van der Waals surface area contributed by atoms with Crippen molar-refractivity contribution in [1.29, 1.82) is 0 Å². The van der Waals surface area contributed by atoms with Crippen molar-refractivity contribution in [3.63, 3.8) is 0 Å². The van der Waals surface area contributed by atoms with Gasteiger partial charge in [0.1, 0.15) is 0 Å². The van der Waals surface area contributed by atoms with E-state index in [1.54, 1.807) is 0 Å². The highest BCUT2D eigenvalue weighted by atomic mass is 15.3. The van der Waals surface area contributed by atoms with Crippen LogP contribution in [-0.4, -0.2) is 56.1 Å². The molecule has 0 bridgehead atoms. The molecule has 0 radical (unpaired) electrons. The molecule has 118 valence electrons. The largest absolute Gasteiger partial charge is 0.312 e. The van der Waals surface area contributed by atoms with E-state index in [1.807, 2.05) is 0 Å². The van der Waals surface area contributed by atoms with Gasteiger partial charge in [0, 0.05) is 31.2 Å². The van der Waals surface area contributed by atoms with Crippen LogP contribution < -0.4 is 5.32 Å². The normalized spacial score (nSPS) is 22.7. The molecule has 1 aliphatic heterocycles. The van der Waals surface area contributed by atoms with E-state index in [-0.39, 0.29) is 0 Å². The SMILES string of the molecule is CCc1ccc(C(NC)C(C)N2CCC(N(C)C)C2)cc1. The number of hydrogen-bond donors (Lipinski definition) is 1. The van der Waals surface area contributed by atoms with Crippen molar-refractivity contribution in [2.75, 3.05) is 34.2 Å². The molecule has 1 N–H and O–H groups in total. The van der Waals surface area contributed by atoms with Gasteiger partial charge in [0.25, 0.3) is 0 Å². The minimum absolute atomic E-state index is 0.400. The average Bonchev–Trinajstić information content (AvgIpc) is 2.98. The van der Waals surface area contributed by atoms with E-state index >= 15 is 0 Å². The summed E-state index contributed by atoms with van der Waals surface area (Å²) in [5.74, 6) is 0. The number of aryl methyl sites for hydroxylation is 1. The fourth-order valence-corrected chi connectivity index (χ4v) is 3.42. The van der Waals surface area contributed by atoms with Crippen LogP contribution >= 0.6 is 0 Å². The van der Waals surface area contributed by atoms with Crippen LogP contribution in [0.25, 0.3) is 0 Å². The second-order valence-corrected chi connectivity index (χ2v) is 6.50. The van der Waals surface area contributed by atoms with Crippen LogP contribution in [0.1, 0.15) is 37.4 Å². The molecule has 1 heterocycles. The molecule has 3 unspecified atom stereocenters. The zero-order valence-electron chi connectivity index (χ0n) is 14.3. The molecule has 0 aromatic heterocycles. The summed E-state index contributed by atoms with van der Waals surface area (Å²) in [6.07, 6.45) is 2.39. The summed E-state index contributed by atoms with van der Waals surface area (Å²) in [5.41, 5.74) is 2.81. The van der Waals surface area contributed by atoms with Crippen LogP contribution in [0, 0.1) is 0 Å². The van der Waals surface area contributed by atoms with Gasteiger partial charge in [-0.25, -0.2) is 0 Å². The molecule has 1 aromatic carbocycles. The zero-order chi connectivity index (χ0) is 15.4. The van der Waals surface area contributed by atoms with Crippen molar-refractivity contribution in [1.82, 2.24) is 15.1 Å². The Labute approximate surface area is 130 Å². The number of hydrogen-bond acceptors (Lipinski definition) is 3. The zero-order valence-corrected chi connectivity index (χ0v) is 14.3. The van der Waals surface area contributed by atoms with Crippen LogP contribution in [0.2, 0.25) is 0 Å². The Morgan fingerprint density at radius 3 is 2.43 bits per heavy atom. The van der Waals surface area contributed by atoms with Gasteiger partial charge < -0.3 is 10.2 Å². The van der Waals surface area contributed by atoms with E-state index in [0.29, 0.717) is 18.1 Å². The van der Waals surface area contributed by atoms with E-state index in [4.69, 9.17) is 0 Å². The Morgan fingerprint density at radius 1 is 1.29 bits per heavy atom. The van der Waals surface area contributed by atoms with Gasteiger partial charge in [0.2, 0.25) is 0 Å². The number of likely N-dealkylation sites (tertiary alicyclic amines) is 1. The summed E-state index contributed by atoms with van der Waals surface area (Å²) in [5, 5.41) is 3.52. The van der Waals surface area contributed by atoms with E-state index in [9.17, 15) is 0 Å². The number of benzene rings is 1. The third kappa shape index (κ3) is 3.85. The molecule has 1 fully saturated rings. The van der Waals surface area contributed by atoms with E-state index < -0.39 is 0 Å². The van der Waals surface area contributed by atoms with Gasteiger partial charge in [-0.2, -0.15) is 0 Å². The quantitative estimate of drug-likeness (QED) is 0.868. The fraction of sp³-hybridized carbons (Fsp3) is 0.667. The lowest BCUT2D eigenvalue weighted by atomic mass is 9.98. The van der Waals surface area contributed by atoms with Gasteiger partial charge in [0.05, 0.1) is 0 Å². The molecular weight excluding hydrogens is 258 g/mol. The molecule has 3 heteroatoms. The summed E-state index contributed by atoms with van der Waals surface area (Å²) in [6.45, 7) is 6.94. The molecule has 0 amide bonds. The first-order valence-corrected chi connectivity index (χ1v) is 8.23. The lowest BCUT2D eigenvalue weighted by molar-refractivity contribution is 0.192. The lowest BCUT2D eigenvalue weighted by Gasteiger charge is -2.32. The number of rotatable bonds is 6. The highest BCUT2D eigenvalue weighted by Crippen LogP contribution is 2.25. The first-order chi connectivity index (χ1) is 10.1. The second-order valence-electron chi connectivity index (χ2n) is 6.50. The first-order valence-electron chi connectivity index (χ1n) is 8.23. The van der Waals surface area contributed by atoms with Gasteiger partial charge in [-0.3, -0.25) is 4.90 Å². The first kappa shape index (κ1) is 16.5. The van der Waals surface area contributed by atoms with Crippen LogP contribution in [0.5, 0.6) is 0 Å². The molecule has 1 saturated heterocycles. The van der Waals surface area contributed by atoms with E-state index in [1.165, 1.54) is 30.6 Å². The number of likely N-dealkylation sites (N-methyl/N-ethyl adjacent to an activating group) is 2. The van der Waals surface area contributed by atoms with E-state index in [0.717, 1.165) is 6.42 Å². The van der Waals surface area contributed by atoms with Crippen molar-refractivity contribution in [2.24, 2.45) is 0 Å². The van der Waals surface area contributed by atoms with Crippen LogP contribution in [0.15, 0.2) is 24.3 Å². The average molecular weight is 289 g/mol. The Bertz CT molecular complexity index is 427. The predicted octanol–water partition coefficient (Wildman–Crippen LogP) is 2.53. The molecule has 0 saturated carbocycles. The molecule has 3 atom stereocenters. The van der Waals surface area contributed by atoms with Gasteiger partial charge in [0.15, 0.2) is 0 Å². The third-order valence-corrected chi connectivity index (χ3v) is 5.04. The van der Waals surface area contributed by atoms with Crippen molar-refractivity contribution < 1.29 is 0 Å². The molecule has 0 aliphatic carbocycles. The summed E-state index contributed by atoms with van der Waals surface area (Å²) in [4.78, 5) is 4.98. The predicted molar refractivity (Wildman–Crippen MR) is 90.7 cm³/mol. The van der Waals surface area contributed by atoms with Gasteiger partial charge in [-0.15, -0.1) is 0 Å². The molecule has 0 spiro atoms. The molecule has 1 aliphatic rings. The maximum atomic E-state index is 3.52. The van der Waals surface area contributed by atoms with Gasteiger partial charge in [-0.05, 0) is 52.0 Å². The molecule has 21 heavy (non-hydrogen) atoms. The molecule has 1 aromatic rings. The maximum absolute atomic E-state index is 3.52. The number of nitrogens with one attached hydrogen (secondary N) is 1. The Hall–Kier alpha value is -0.900. The summed E-state index contributed by atoms with van der Waals surface area (Å²) >= 11 is 0. The van der Waals surface area contributed by atoms with Crippen molar-refractivity contribution >= 4 is 0 Å². The standard InChI is InChI=1S/C18H31N3/c1-6-15-7-9-16(10-8-15)18(19-3)14(2)21-12-11-17(13-21)20(4)5/h7-10,14,17-19H,6,11-13H2,1-5H3. The van der Waals surface area contributed by atoms with Crippen LogP contribution in [-0.2, 0) is 6.42 Å². The second kappa shape index (κ2) is 7.39. The van der Waals surface area contributed by atoms with Crippen molar-refractivity contribution in [3.8, 4) is 0 Å². The highest BCUT2D eigenvalue weighted by Gasteiger charge is 2.31. The lowest BCUT2D eigenvalue weighted by Crippen LogP contribution is -2.42. The molecule has 2 rings (SSSR count). The Balaban J connectivity index is 2.06. The topological polar surface area (TPSA) is 18.5 Å². The van der Waals surface area contributed by atoms with Gasteiger partial charge >= 0.3 is 0 Å². The van der Waals surface area contributed by atoms with Gasteiger partial charge in [-0.1, -0.05) is 31.2 Å². The maximum Gasteiger partial charge on any atom is 0.0473 e. The third-order valence-electron chi connectivity index (χ3n) is 5.04. The Morgan fingerprint density at radius 2 is 1.95 bits per heavy atom. The smallest absolute Gasteiger partial charge is 0.0473 e.